The summed E-state index contributed by atoms with van der Waals surface area (Å²) in [6, 6.07) is -0.529. The van der Waals surface area contributed by atoms with Gasteiger partial charge in [-0.05, 0) is 18.8 Å². The number of halogens is 3. The van der Waals surface area contributed by atoms with Crippen molar-refractivity contribution in [1.82, 2.24) is 10.6 Å². The molecule has 2 N–H and O–H groups in total. The Balaban J connectivity index is 2.16. The lowest BCUT2D eigenvalue weighted by molar-refractivity contribution is -0.180. The molecule has 2 unspecified atom stereocenters. The number of hydrogen-bond donors (Lipinski definition) is 2. The molecule has 0 aliphatic carbocycles. The van der Waals surface area contributed by atoms with Crippen LogP contribution in [0.25, 0.3) is 0 Å². The molecular formula is C13H23F3N2O2. The molecule has 20 heavy (non-hydrogen) atoms. The van der Waals surface area contributed by atoms with Crippen molar-refractivity contribution in [2.24, 2.45) is 11.8 Å². The average Bonchev–Trinajstić information content (AvgIpc) is 2.37. The van der Waals surface area contributed by atoms with Gasteiger partial charge in [-0.3, -0.25) is 4.79 Å². The van der Waals surface area contributed by atoms with Crippen molar-refractivity contribution in [1.29, 1.82) is 0 Å². The SMILES string of the molecule is CC(C)COCCNC(=O)C1CCC(C(F)(F)F)CN1. The monoisotopic (exact) mass is 296 g/mol. The molecule has 0 aromatic rings. The molecule has 4 nitrogen and oxygen atoms in total. The molecule has 1 aliphatic rings. The van der Waals surface area contributed by atoms with E-state index < -0.39 is 18.1 Å². The van der Waals surface area contributed by atoms with Gasteiger partial charge in [0.05, 0.1) is 18.6 Å². The number of alkyl halides is 3. The van der Waals surface area contributed by atoms with E-state index in [-0.39, 0.29) is 25.3 Å². The van der Waals surface area contributed by atoms with Crippen LogP contribution in [0.15, 0.2) is 0 Å². The molecule has 1 amide bonds. The molecule has 1 aliphatic heterocycles. The van der Waals surface area contributed by atoms with Gasteiger partial charge in [0.2, 0.25) is 5.91 Å². The first-order valence-electron chi connectivity index (χ1n) is 6.96. The Bertz CT molecular complexity index is 300. The highest BCUT2D eigenvalue weighted by atomic mass is 19.4. The fraction of sp³-hybridized carbons (Fsp3) is 0.923. The largest absolute Gasteiger partial charge is 0.393 e. The summed E-state index contributed by atoms with van der Waals surface area (Å²) in [5.74, 6) is -1.16. The number of carbonyl (C=O) groups excluding carboxylic acids is 1. The summed E-state index contributed by atoms with van der Waals surface area (Å²) >= 11 is 0. The number of rotatable bonds is 6. The highest BCUT2D eigenvalue weighted by Crippen LogP contribution is 2.31. The summed E-state index contributed by atoms with van der Waals surface area (Å²) in [6.07, 6.45) is -3.97. The van der Waals surface area contributed by atoms with Gasteiger partial charge in [0.25, 0.3) is 0 Å². The van der Waals surface area contributed by atoms with Crippen molar-refractivity contribution in [2.45, 2.75) is 38.9 Å². The third kappa shape index (κ3) is 6.09. The Morgan fingerprint density at radius 2 is 2.10 bits per heavy atom. The van der Waals surface area contributed by atoms with Crippen LogP contribution in [0.1, 0.15) is 26.7 Å². The van der Waals surface area contributed by atoms with Crippen LogP contribution in [-0.4, -0.2) is 44.4 Å². The first kappa shape index (κ1) is 17.2. The zero-order chi connectivity index (χ0) is 15.2. The Kier molecular flexibility index (Phi) is 6.75. The van der Waals surface area contributed by atoms with E-state index in [1.165, 1.54) is 0 Å². The smallest absolute Gasteiger partial charge is 0.379 e. The van der Waals surface area contributed by atoms with Gasteiger partial charge in [-0.25, -0.2) is 0 Å². The topological polar surface area (TPSA) is 50.4 Å². The van der Waals surface area contributed by atoms with Crippen molar-refractivity contribution >= 4 is 5.91 Å². The van der Waals surface area contributed by atoms with Crippen LogP contribution < -0.4 is 10.6 Å². The number of nitrogens with one attached hydrogen (secondary N) is 2. The second kappa shape index (κ2) is 7.83. The molecule has 1 fully saturated rings. The van der Waals surface area contributed by atoms with Gasteiger partial charge in [-0.1, -0.05) is 13.8 Å². The lowest BCUT2D eigenvalue weighted by Crippen LogP contribution is -2.51. The molecule has 0 saturated carbocycles. The fourth-order valence-corrected chi connectivity index (χ4v) is 2.05. The molecule has 0 bridgehead atoms. The maximum atomic E-state index is 12.5. The van der Waals surface area contributed by atoms with Crippen LogP contribution in [0.4, 0.5) is 13.2 Å². The van der Waals surface area contributed by atoms with Crippen LogP contribution in [0.5, 0.6) is 0 Å². The van der Waals surface area contributed by atoms with Gasteiger partial charge in [-0.2, -0.15) is 13.2 Å². The van der Waals surface area contributed by atoms with Crippen LogP contribution in [0, 0.1) is 11.8 Å². The molecule has 7 heteroatoms. The molecule has 0 aromatic heterocycles. The summed E-state index contributed by atoms with van der Waals surface area (Å²) in [5, 5.41) is 5.33. The van der Waals surface area contributed by atoms with E-state index in [0.717, 1.165) is 0 Å². The Morgan fingerprint density at radius 1 is 1.40 bits per heavy atom. The summed E-state index contributed by atoms with van der Waals surface area (Å²) in [4.78, 5) is 11.7. The summed E-state index contributed by atoms with van der Waals surface area (Å²) in [5.41, 5.74) is 0. The number of piperidine rings is 1. The highest BCUT2D eigenvalue weighted by molar-refractivity contribution is 5.81. The van der Waals surface area contributed by atoms with E-state index in [2.05, 4.69) is 10.6 Å². The fourth-order valence-electron chi connectivity index (χ4n) is 2.05. The normalized spacial score (nSPS) is 23.9. The Morgan fingerprint density at radius 3 is 2.60 bits per heavy atom. The second-order valence-electron chi connectivity index (χ2n) is 5.54. The van der Waals surface area contributed by atoms with E-state index in [4.69, 9.17) is 4.74 Å². The van der Waals surface area contributed by atoms with Crippen LogP contribution in [0.3, 0.4) is 0 Å². The van der Waals surface area contributed by atoms with Gasteiger partial charge in [0, 0.05) is 19.7 Å². The number of ether oxygens (including phenoxy) is 1. The minimum Gasteiger partial charge on any atom is -0.379 e. The van der Waals surface area contributed by atoms with Gasteiger partial charge >= 0.3 is 6.18 Å². The first-order chi connectivity index (χ1) is 9.30. The van der Waals surface area contributed by atoms with Crippen LogP contribution >= 0.6 is 0 Å². The third-order valence-electron chi connectivity index (χ3n) is 3.19. The van der Waals surface area contributed by atoms with Gasteiger partial charge < -0.3 is 15.4 Å². The van der Waals surface area contributed by atoms with Crippen molar-refractivity contribution in [2.75, 3.05) is 26.3 Å². The molecule has 0 aromatic carbocycles. The summed E-state index contributed by atoms with van der Waals surface area (Å²) in [6.45, 7) is 5.30. The van der Waals surface area contributed by atoms with Crippen molar-refractivity contribution in [3.05, 3.63) is 0 Å². The number of carbonyl (C=O) groups is 1. The quantitative estimate of drug-likeness (QED) is 0.734. The zero-order valence-corrected chi connectivity index (χ0v) is 11.9. The van der Waals surface area contributed by atoms with E-state index >= 15 is 0 Å². The third-order valence-corrected chi connectivity index (χ3v) is 3.19. The zero-order valence-electron chi connectivity index (χ0n) is 11.9. The maximum absolute atomic E-state index is 12.5. The number of hydrogen-bond acceptors (Lipinski definition) is 3. The van der Waals surface area contributed by atoms with Crippen LogP contribution in [0.2, 0.25) is 0 Å². The second-order valence-corrected chi connectivity index (χ2v) is 5.54. The van der Waals surface area contributed by atoms with E-state index in [1.807, 2.05) is 13.8 Å². The predicted octanol–water partition coefficient (Wildman–Crippen LogP) is 1.71. The highest BCUT2D eigenvalue weighted by Gasteiger charge is 2.42. The molecule has 0 spiro atoms. The predicted molar refractivity (Wildman–Crippen MR) is 69.2 cm³/mol. The van der Waals surface area contributed by atoms with Gasteiger partial charge in [0.1, 0.15) is 0 Å². The van der Waals surface area contributed by atoms with E-state index in [9.17, 15) is 18.0 Å². The summed E-state index contributed by atoms with van der Waals surface area (Å²) < 4.78 is 42.7. The lowest BCUT2D eigenvalue weighted by atomic mass is 9.94. The molecule has 2 atom stereocenters. The standard InChI is InChI=1S/C13H23F3N2O2/c1-9(2)8-20-6-5-17-12(19)11-4-3-10(7-18-11)13(14,15)16/h9-11,18H,3-8H2,1-2H3,(H,17,19). The Labute approximate surface area is 117 Å². The molecule has 1 heterocycles. The van der Waals surface area contributed by atoms with Crippen molar-refractivity contribution in [3.63, 3.8) is 0 Å². The molecule has 1 saturated heterocycles. The van der Waals surface area contributed by atoms with Crippen molar-refractivity contribution < 1.29 is 22.7 Å². The Hall–Kier alpha value is -0.820. The average molecular weight is 296 g/mol. The van der Waals surface area contributed by atoms with E-state index in [0.29, 0.717) is 25.7 Å². The first-order valence-corrected chi connectivity index (χ1v) is 6.96. The molecule has 1 rings (SSSR count). The molecule has 118 valence electrons. The minimum atomic E-state index is -4.18. The summed E-state index contributed by atoms with van der Waals surface area (Å²) in [7, 11) is 0. The van der Waals surface area contributed by atoms with Crippen molar-refractivity contribution in [3.8, 4) is 0 Å². The lowest BCUT2D eigenvalue weighted by Gasteiger charge is -2.30. The van der Waals surface area contributed by atoms with Gasteiger partial charge in [0.15, 0.2) is 0 Å². The number of amides is 1. The maximum Gasteiger partial charge on any atom is 0.393 e. The van der Waals surface area contributed by atoms with Crippen LogP contribution in [-0.2, 0) is 9.53 Å². The van der Waals surface area contributed by atoms with E-state index in [1.54, 1.807) is 0 Å². The van der Waals surface area contributed by atoms with Gasteiger partial charge in [-0.15, -0.1) is 0 Å². The molecule has 0 radical (unpaired) electrons. The minimum absolute atomic E-state index is 0.00155. The molecular weight excluding hydrogens is 273 g/mol.